The SMILES string of the molecule is COc1cc(-c2nc(C3CCOC3)no2)ccc1O. The minimum atomic E-state index is 0.0789. The number of phenolic OH excluding ortho intramolecular Hbond substituents is 1. The highest BCUT2D eigenvalue weighted by molar-refractivity contribution is 5.59. The Morgan fingerprint density at radius 2 is 2.32 bits per heavy atom. The fourth-order valence-electron chi connectivity index (χ4n) is 2.07. The molecule has 1 atom stereocenters. The van der Waals surface area contributed by atoms with Crippen molar-refractivity contribution < 1.29 is 19.1 Å². The molecule has 1 fully saturated rings. The molecule has 6 nitrogen and oxygen atoms in total. The predicted octanol–water partition coefficient (Wildman–Crippen LogP) is 1.95. The van der Waals surface area contributed by atoms with E-state index in [2.05, 4.69) is 10.1 Å². The molecule has 2 aromatic rings. The van der Waals surface area contributed by atoms with Crippen LogP contribution < -0.4 is 4.74 Å². The molecule has 0 saturated carbocycles. The van der Waals surface area contributed by atoms with Crippen molar-refractivity contribution in [2.24, 2.45) is 0 Å². The van der Waals surface area contributed by atoms with Crippen molar-refractivity contribution in [1.29, 1.82) is 0 Å². The lowest BCUT2D eigenvalue weighted by Gasteiger charge is -2.03. The third-order valence-electron chi connectivity index (χ3n) is 3.16. The number of hydrogen-bond donors (Lipinski definition) is 1. The summed E-state index contributed by atoms with van der Waals surface area (Å²) in [5.41, 5.74) is 0.715. The van der Waals surface area contributed by atoms with Gasteiger partial charge in [0.15, 0.2) is 17.3 Å². The largest absolute Gasteiger partial charge is 0.504 e. The van der Waals surface area contributed by atoms with E-state index in [1.54, 1.807) is 12.1 Å². The molecule has 1 unspecified atom stereocenters. The molecule has 0 amide bonds. The Morgan fingerprint density at radius 3 is 3.05 bits per heavy atom. The maximum Gasteiger partial charge on any atom is 0.258 e. The molecule has 0 spiro atoms. The van der Waals surface area contributed by atoms with E-state index in [1.165, 1.54) is 13.2 Å². The maximum absolute atomic E-state index is 9.55. The first-order valence-electron chi connectivity index (χ1n) is 6.06. The van der Waals surface area contributed by atoms with Crippen molar-refractivity contribution in [1.82, 2.24) is 10.1 Å². The van der Waals surface area contributed by atoms with E-state index < -0.39 is 0 Å². The van der Waals surface area contributed by atoms with Gasteiger partial charge in [0.2, 0.25) is 0 Å². The molecule has 0 aliphatic carbocycles. The van der Waals surface area contributed by atoms with Gasteiger partial charge in [-0.25, -0.2) is 0 Å². The van der Waals surface area contributed by atoms with E-state index >= 15 is 0 Å². The molecule has 1 aliphatic rings. The smallest absolute Gasteiger partial charge is 0.258 e. The molecule has 2 heterocycles. The molecule has 19 heavy (non-hydrogen) atoms. The molecule has 1 N–H and O–H groups in total. The number of hydrogen-bond acceptors (Lipinski definition) is 6. The summed E-state index contributed by atoms with van der Waals surface area (Å²) in [4.78, 5) is 4.37. The number of aromatic nitrogens is 2. The van der Waals surface area contributed by atoms with Crippen LogP contribution in [0.25, 0.3) is 11.5 Å². The van der Waals surface area contributed by atoms with Gasteiger partial charge in [0.25, 0.3) is 5.89 Å². The average Bonchev–Trinajstić information content (AvgIpc) is 3.10. The fourth-order valence-corrected chi connectivity index (χ4v) is 2.07. The van der Waals surface area contributed by atoms with Crippen LogP contribution in [0.3, 0.4) is 0 Å². The molecule has 0 radical (unpaired) electrons. The van der Waals surface area contributed by atoms with Crippen LogP contribution in [0.1, 0.15) is 18.2 Å². The molecular weight excluding hydrogens is 248 g/mol. The normalized spacial score (nSPS) is 18.7. The lowest BCUT2D eigenvalue weighted by molar-refractivity contribution is 0.192. The summed E-state index contributed by atoms with van der Waals surface area (Å²) in [5, 5.41) is 13.5. The Balaban J connectivity index is 1.89. The number of ether oxygens (including phenoxy) is 2. The van der Waals surface area contributed by atoms with Crippen LogP contribution >= 0.6 is 0 Å². The first-order chi connectivity index (χ1) is 9.28. The summed E-state index contributed by atoms with van der Waals surface area (Å²) in [6.07, 6.45) is 0.915. The molecule has 1 saturated heterocycles. The van der Waals surface area contributed by atoms with E-state index in [4.69, 9.17) is 14.0 Å². The fraction of sp³-hybridized carbons (Fsp3) is 0.385. The van der Waals surface area contributed by atoms with E-state index in [1.807, 2.05) is 0 Å². The quantitative estimate of drug-likeness (QED) is 0.911. The van der Waals surface area contributed by atoms with Crippen molar-refractivity contribution in [3.8, 4) is 23.0 Å². The Kier molecular flexibility index (Phi) is 3.08. The Morgan fingerprint density at radius 1 is 1.42 bits per heavy atom. The van der Waals surface area contributed by atoms with Crippen LogP contribution in [0.5, 0.6) is 11.5 Å². The molecule has 100 valence electrons. The van der Waals surface area contributed by atoms with Gasteiger partial charge in [-0.3, -0.25) is 0 Å². The lowest BCUT2D eigenvalue weighted by atomic mass is 10.1. The summed E-state index contributed by atoms with van der Waals surface area (Å²) in [6, 6.07) is 4.91. The highest BCUT2D eigenvalue weighted by Crippen LogP contribution is 2.31. The minimum absolute atomic E-state index is 0.0789. The van der Waals surface area contributed by atoms with E-state index in [0.717, 1.165) is 13.0 Å². The maximum atomic E-state index is 9.55. The second kappa shape index (κ2) is 4.89. The van der Waals surface area contributed by atoms with Gasteiger partial charge in [0, 0.05) is 18.1 Å². The van der Waals surface area contributed by atoms with Gasteiger partial charge in [-0.1, -0.05) is 5.16 Å². The first kappa shape index (κ1) is 12.0. The van der Waals surface area contributed by atoms with Gasteiger partial charge in [-0.15, -0.1) is 0 Å². The van der Waals surface area contributed by atoms with Gasteiger partial charge in [-0.2, -0.15) is 4.98 Å². The van der Waals surface area contributed by atoms with Crippen LogP contribution in [0.15, 0.2) is 22.7 Å². The third kappa shape index (κ3) is 2.26. The lowest BCUT2D eigenvalue weighted by Crippen LogP contribution is -1.99. The summed E-state index contributed by atoms with van der Waals surface area (Å²) in [7, 11) is 1.49. The topological polar surface area (TPSA) is 77.6 Å². The molecule has 1 aromatic carbocycles. The highest BCUT2D eigenvalue weighted by Gasteiger charge is 2.23. The molecule has 3 rings (SSSR count). The minimum Gasteiger partial charge on any atom is -0.504 e. The van der Waals surface area contributed by atoms with Crippen molar-refractivity contribution in [2.75, 3.05) is 20.3 Å². The van der Waals surface area contributed by atoms with Crippen LogP contribution in [0.4, 0.5) is 0 Å². The Hall–Kier alpha value is -2.08. The standard InChI is InChI=1S/C13H14N2O4/c1-17-11-6-8(2-3-10(11)16)13-14-12(15-19-13)9-4-5-18-7-9/h2-3,6,9,16H,4-5,7H2,1H3. The zero-order valence-corrected chi connectivity index (χ0v) is 10.5. The van der Waals surface area contributed by atoms with Crippen LogP contribution in [-0.2, 0) is 4.74 Å². The molecule has 1 aliphatic heterocycles. The molecular formula is C13H14N2O4. The zero-order valence-electron chi connectivity index (χ0n) is 10.5. The van der Waals surface area contributed by atoms with Gasteiger partial charge in [-0.05, 0) is 24.6 Å². The zero-order chi connectivity index (χ0) is 13.2. The molecule has 0 bridgehead atoms. The third-order valence-corrected chi connectivity index (χ3v) is 3.16. The number of rotatable bonds is 3. The molecule has 6 heteroatoms. The van der Waals surface area contributed by atoms with Crippen LogP contribution in [0.2, 0.25) is 0 Å². The average molecular weight is 262 g/mol. The van der Waals surface area contributed by atoms with E-state index in [0.29, 0.717) is 29.6 Å². The molecule has 1 aromatic heterocycles. The van der Waals surface area contributed by atoms with Crippen molar-refractivity contribution in [3.63, 3.8) is 0 Å². The number of benzene rings is 1. The van der Waals surface area contributed by atoms with Crippen LogP contribution in [-0.4, -0.2) is 35.6 Å². The summed E-state index contributed by atoms with van der Waals surface area (Å²) in [5.74, 6) is 1.74. The number of phenols is 1. The summed E-state index contributed by atoms with van der Waals surface area (Å²) >= 11 is 0. The van der Waals surface area contributed by atoms with E-state index in [9.17, 15) is 5.11 Å². The first-order valence-corrected chi connectivity index (χ1v) is 6.06. The predicted molar refractivity (Wildman–Crippen MR) is 66.1 cm³/mol. The highest BCUT2D eigenvalue weighted by atomic mass is 16.5. The Bertz CT molecular complexity index is 576. The van der Waals surface area contributed by atoms with Gasteiger partial charge in [0.05, 0.1) is 13.7 Å². The van der Waals surface area contributed by atoms with Gasteiger partial charge in [0.1, 0.15) is 0 Å². The number of methoxy groups -OCH3 is 1. The van der Waals surface area contributed by atoms with Gasteiger partial charge >= 0.3 is 0 Å². The van der Waals surface area contributed by atoms with Crippen LogP contribution in [0, 0.1) is 0 Å². The number of aromatic hydroxyl groups is 1. The Labute approximate surface area is 110 Å². The second-order valence-corrected chi connectivity index (χ2v) is 4.40. The monoisotopic (exact) mass is 262 g/mol. The number of nitrogens with zero attached hydrogens (tertiary/aromatic N) is 2. The van der Waals surface area contributed by atoms with E-state index in [-0.39, 0.29) is 11.7 Å². The van der Waals surface area contributed by atoms with Crippen molar-refractivity contribution in [2.45, 2.75) is 12.3 Å². The van der Waals surface area contributed by atoms with Crippen molar-refractivity contribution in [3.05, 3.63) is 24.0 Å². The summed E-state index contributed by atoms with van der Waals surface area (Å²) in [6.45, 7) is 1.37. The van der Waals surface area contributed by atoms with Crippen molar-refractivity contribution >= 4 is 0 Å². The van der Waals surface area contributed by atoms with Gasteiger partial charge < -0.3 is 19.1 Å². The second-order valence-electron chi connectivity index (χ2n) is 4.40. The summed E-state index contributed by atoms with van der Waals surface area (Å²) < 4.78 is 15.6.